The molecule has 0 fully saturated rings. The molecule has 0 bridgehead atoms. The molecule has 0 aliphatic heterocycles. The van der Waals surface area contributed by atoms with Crippen molar-refractivity contribution in [2.24, 2.45) is 0 Å². The van der Waals surface area contributed by atoms with Crippen LogP contribution >= 0.6 is 0 Å². The van der Waals surface area contributed by atoms with Crippen LogP contribution in [0.3, 0.4) is 0 Å². The first-order valence-corrected chi connectivity index (χ1v) is 5.90. The van der Waals surface area contributed by atoms with Crippen molar-refractivity contribution in [1.29, 1.82) is 0 Å². The van der Waals surface area contributed by atoms with Gasteiger partial charge in [-0.2, -0.15) is 0 Å². The van der Waals surface area contributed by atoms with Crippen molar-refractivity contribution in [1.82, 2.24) is 15.0 Å². The van der Waals surface area contributed by atoms with Crippen molar-refractivity contribution in [3.05, 3.63) is 71.3 Å². The molecule has 2 aromatic heterocycles. The zero-order valence-corrected chi connectivity index (χ0v) is 14.5. The van der Waals surface area contributed by atoms with Gasteiger partial charge in [-0.05, 0) is 12.1 Å². The largest absolute Gasteiger partial charge is 0.306 e. The van der Waals surface area contributed by atoms with Gasteiger partial charge < -0.3 is 4.98 Å². The minimum atomic E-state index is -0.173. The summed E-state index contributed by atoms with van der Waals surface area (Å²) in [5, 5.41) is 0. The van der Waals surface area contributed by atoms with E-state index in [1.807, 2.05) is 42.5 Å². The maximum atomic E-state index is 11.7. The normalized spacial score (nSPS) is 9.80. The number of hydrogen-bond donors (Lipinski definition) is 1. The fourth-order valence-corrected chi connectivity index (χ4v) is 1.85. The molecule has 3 aromatic rings. The van der Waals surface area contributed by atoms with Gasteiger partial charge in [-0.15, -0.1) is 0 Å². The van der Waals surface area contributed by atoms with E-state index < -0.39 is 0 Å². The number of pyridine rings is 1. The van der Waals surface area contributed by atoms with E-state index in [1.165, 1.54) is 6.07 Å². The van der Waals surface area contributed by atoms with E-state index >= 15 is 0 Å². The number of H-pyrrole nitrogens is 1. The van der Waals surface area contributed by atoms with E-state index in [0.717, 1.165) is 11.1 Å². The molecule has 0 aliphatic carbocycles. The molecule has 5 heteroatoms. The average molecular weight is 456 g/mol. The van der Waals surface area contributed by atoms with Crippen molar-refractivity contribution >= 4 is 27.3 Å². The first-order valence-electron chi connectivity index (χ1n) is 5.90. The minimum absolute atomic E-state index is 0. The predicted molar refractivity (Wildman–Crippen MR) is 79.3 cm³/mol. The number of nitrogens with zero attached hydrogens (tertiary/aromatic N) is 2. The van der Waals surface area contributed by atoms with Gasteiger partial charge in [-0.1, -0.05) is 30.3 Å². The third kappa shape index (κ3) is 3.19. The summed E-state index contributed by atoms with van der Waals surface area (Å²) in [5.74, 6) is 0.562. The molecule has 1 N–H and O–H groups in total. The van der Waals surface area contributed by atoms with Crippen LogP contribution in [-0.4, -0.2) is 42.3 Å². The topological polar surface area (TPSA) is 58.6 Å². The van der Waals surface area contributed by atoms with Crippen molar-refractivity contribution in [3.8, 4) is 22.6 Å². The monoisotopic (exact) mass is 457 g/mol. The second-order valence-corrected chi connectivity index (χ2v) is 4.09. The zero-order chi connectivity index (χ0) is 13.1. The summed E-state index contributed by atoms with van der Waals surface area (Å²) in [7, 11) is 0. The molecule has 96 valence electrons. The van der Waals surface area contributed by atoms with Crippen LogP contribution in [0.4, 0.5) is 0 Å². The molecule has 0 saturated heterocycles. The second-order valence-electron chi connectivity index (χ2n) is 4.09. The van der Waals surface area contributed by atoms with Crippen molar-refractivity contribution in [2.45, 2.75) is 0 Å². The third-order valence-corrected chi connectivity index (χ3v) is 2.75. The number of rotatable bonds is 2. The van der Waals surface area contributed by atoms with Crippen molar-refractivity contribution in [2.75, 3.05) is 0 Å². The SMILES string of the molecule is O=c1cc(-c2cccnc2)nc(-c2ccccc2)[nH]1.[Pb]. The fraction of sp³-hybridized carbons (Fsp3) is 0. The Morgan fingerprint density at radius 3 is 2.40 bits per heavy atom. The summed E-state index contributed by atoms with van der Waals surface area (Å²) < 4.78 is 0. The summed E-state index contributed by atoms with van der Waals surface area (Å²) in [6, 6.07) is 14.7. The maximum absolute atomic E-state index is 11.7. The fourth-order valence-electron chi connectivity index (χ4n) is 1.85. The Balaban J connectivity index is 0.00000147. The van der Waals surface area contributed by atoms with Gasteiger partial charge in [-0.3, -0.25) is 9.78 Å². The Labute approximate surface area is 136 Å². The van der Waals surface area contributed by atoms with Crippen LogP contribution in [0.2, 0.25) is 0 Å². The molecule has 0 spiro atoms. The molecule has 0 aliphatic rings. The molecular formula is C15H11N3OPb. The van der Waals surface area contributed by atoms with E-state index in [-0.39, 0.29) is 32.9 Å². The molecule has 0 atom stereocenters. The molecular weight excluding hydrogens is 445 g/mol. The summed E-state index contributed by atoms with van der Waals surface area (Å²) >= 11 is 0. The van der Waals surface area contributed by atoms with Gasteiger partial charge in [0.25, 0.3) is 5.56 Å². The van der Waals surface area contributed by atoms with Crippen LogP contribution in [0.15, 0.2) is 65.7 Å². The van der Waals surface area contributed by atoms with Crippen LogP contribution in [0.1, 0.15) is 0 Å². The Morgan fingerprint density at radius 1 is 0.950 bits per heavy atom. The maximum Gasteiger partial charge on any atom is 0.251 e. The van der Waals surface area contributed by atoms with Crippen LogP contribution in [-0.2, 0) is 0 Å². The molecule has 4 nitrogen and oxygen atoms in total. The van der Waals surface area contributed by atoms with Gasteiger partial charge in [0.05, 0.1) is 5.69 Å². The van der Waals surface area contributed by atoms with Crippen LogP contribution < -0.4 is 5.56 Å². The predicted octanol–water partition coefficient (Wildman–Crippen LogP) is 2.12. The Hall–Kier alpha value is -1.83. The number of aromatic amines is 1. The molecule has 4 radical (unpaired) electrons. The number of benzene rings is 1. The van der Waals surface area contributed by atoms with E-state index in [1.54, 1.807) is 12.4 Å². The summed E-state index contributed by atoms with van der Waals surface area (Å²) in [6.45, 7) is 0. The first-order chi connectivity index (χ1) is 9.33. The molecule has 3 rings (SSSR count). The van der Waals surface area contributed by atoms with Gasteiger partial charge in [0.1, 0.15) is 5.82 Å². The van der Waals surface area contributed by atoms with E-state index in [2.05, 4.69) is 15.0 Å². The van der Waals surface area contributed by atoms with Crippen LogP contribution in [0.25, 0.3) is 22.6 Å². The summed E-state index contributed by atoms with van der Waals surface area (Å²) in [5.41, 5.74) is 2.15. The van der Waals surface area contributed by atoms with Crippen molar-refractivity contribution in [3.63, 3.8) is 0 Å². The zero-order valence-electron chi connectivity index (χ0n) is 10.6. The quantitative estimate of drug-likeness (QED) is 0.601. The van der Waals surface area contributed by atoms with Crippen molar-refractivity contribution < 1.29 is 0 Å². The number of hydrogen-bond acceptors (Lipinski definition) is 3. The Bertz CT molecular complexity index is 681. The Kier molecular flexibility index (Phi) is 4.78. The first kappa shape index (κ1) is 14.6. The Morgan fingerprint density at radius 2 is 1.70 bits per heavy atom. The standard InChI is InChI=1S/C15H11N3O.Pb/c19-14-9-13(12-7-4-8-16-10-12)17-15(18-14)11-5-2-1-3-6-11;/h1-10H,(H,17,18,19);. The van der Waals surface area contributed by atoms with E-state index in [4.69, 9.17) is 0 Å². The van der Waals surface area contributed by atoms with Gasteiger partial charge in [-0.25, -0.2) is 4.98 Å². The summed E-state index contributed by atoms with van der Waals surface area (Å²) in [4.78, 5) is 23.0. The van der Waals surface area contributed by atoms with Gasteiger partial charge >= 0.3 is 0 Å². The average Bonchev–Trinajstić information content (AvgIpc) is 2.48. The molecule has 20 heavy (non-hydrogen) atoms. The molecule has 0 amide bonds. The number of nitrogens with one attached hydrogen (secondary N) is 1. The molecule has 2 heterocycles. The smallest absolute Gasteiger partial charge is 0.251 e. The number of aromatic nitrogens is 3. The second kappa shape index (κ2) is 6.56. The van der Waals surface area contributed by atoms with E-state index in [0.29, 0.717) is 11.5 Å². The molecule has 1 aromatic carbocycles. The van der Waals surface area contributed by atoms with Gasteiger partial charge in [0.15, 0.2) is 0 Å². The van der Waals surface area contributed by atoms with E-state index in [9.17, 15) is 4.79 Å². The van der Waals surface area contributed by atoms with Gasteiger partial charge in [0, 0.05) is 56.9 Å². The van der Waals surface area contributed by atoms with Crippen LogP contribution in [0, 0.1) is 0 Å². The van der Waals surface area contributed by atoms with Gasteiger partial charge in [0.2, 0.25) is 0 Å². The molecule has 0 saturated carbocycles. The molecule has 0 unspecified atom stereocenters. The van der Waals surface area contributed by atoms with Crippen LogP contribution in [0.5, 0.6) is 0 Å². The third-order valence-electron chi connectivity index (χ3n) is 2.75. The summed E-state index contributed by atoms with van der Waals surface area (Å²) in [6.07, 6.45) is 3.38. The minimum Gasteiger partial charge on any atom is -0.306 e.